The summed E-state index contributed by atoms with van der Waals surface area (Å²) in [4.78, 5) is 17.6. The van der Waals surface area contributed by atoms with Crippen LogP contribution in [0, 0.1) is 0 Å². The first-order valence-corrected chi connectivity index (χ1v) is 6.73. The van der Waals surface area contributed by atoms with Crippen molar-refractivity contribution in [1.82, 2.24) is 9.88 Å². The minimum absolute atomic E-state index is 0.452. The summed E-state index contributed by atoms with van der Waals surface area (Å²) < 4.78 is 5.32. The number of carbonyl (C=O) groups is 1. The minimum atomic E-state index is -0.947. The fraction of sp³-hybridized carbons (Fsp3) is 0.375. The second-order valence-electron chi connectivity index (χ2n) is 5.55. The molecule has 0 aliphatic rings. The summed E-state index contributed by atoms with van der Waals surface area (Å²) in [6, 6.07) is 9.64. The monoisotopic (exact) mass is 288 g/mol. The number of rotatable bonds is 5. The standard InChI is InChI=1S/C16H20N2O3/c1-16(2,15(19)20)18(3)10-12-9-8-11-6-5-7-13(21-4)14(11)17-12/h5-9H,10H2,1-4H3,(H,19,20). The number of benzene rings is 1. The van der Waals surface area contributed by atoms with Crippen molar-refractivity contribution in [3.05, 3.63) is 36.0 Å². The summed E-state index contributed by atoms with van der Waals surface area (Å²) in [6.45, 7) is 3.81. The molecule has 0 saturated carbocycles. The van der Waals surface area contributed by atoms with Crippen LogP contribution in [0.2, 0.25) is 0 Å². The van der Waals surface area contributed by atoms with Gasteiger partial charge in [0.1, 0.15) is 16.8 Å². The molecule has 0 aliphatic heterocycles. The van der Waals surface area contributed by atoms with E-state index >= 15 is 0 Å². The fourth-order valence-electron chi connectivity index (χ4n) is 2.02. The topological polar surface area (TPSA) is 62.7 Å². The maximum atomic E-state index is 11.3. The van der Waals surface area contributed by atoms with Crippen LogP contribution in [0.4, 0.5) is 0 Å². The zero-order chi connectivity index (χ0) is 15.6. The summed E-state index contributed by atoms with van der Waals surface area (Å²) in [7, 11) is 3.39. The van der Waals surface area contributed by atoms with E-state index in [1.54, 1.807) is 32.9 Å². The van der Waals surface area contributed by atoms with Crippen LogP contribution in [0.1, 0.15) is 19.5 Å². The smallest absolute Gasteiger partial charge is 0.323 e. The summed E-state index contributed by atoms with van der Waals surface area (Å²) in [6.07, 6.45) is 0. The van der Waals surface area contributed by atoms with E-state index in [1.165, 1.54) is 0 Å². The van der Waals surface area contributed by atoms with Gasteiger partial charge in [0.25, 0.3) is 0 Å². The van der Waals surface area contributed by atoms with Gasteiger partial charge in [0.2, 0.25) is 0 Å². The van der Waals surface area contributed by atoms with Crippen LogP contribution in [-0.4, -0.2) is 40.7 Å². The number of ether oxygens (including phenoxy) is 1. The number of fused-ring (bicyclic) bond motifs is 1. The summed E-state index contributed by atoms with van der Waals surface area (Å²) in [5, 5.41) is 10.3. The Labute approximate surface area is 124 Å². The lowest BCUT2D eigenvalue weighted by atomic mass is 10.0. The number of aromatic nitrogens is 1. The summed E-state index contributed by atoms with van der Waals surface area (Å²) >= 11 is 0. The van der Waals surface area contributed by atoms with E-state index in [4.69, 9.17) is 4.74 Å². The normalized spacial score (nSPS) is 11.9. The van der Waals surface area contributed by atoms with Crippen LogP contribution in [0.5, 0.6) is 5.75 Å². The van der Waals surface area contributed by atoms with Crippen molar-refractivity contribution in [2.24, 2.45) is 0 Å². The van der Waals surface area contributed by atoms with Crippen LogP contribution >= 0.6 is 0 Å². The van der Waals surface area contributed by atoms with Crippen molar-refractivity contribution < 1.29 is 14.6 Å². The molecule has 1 N–H and O–H groups in total. The quantitative estimate of drug-likeness (QED) is 0.916. The molecular weight excluding hydrogens is 268 g/mol. The highest BCUT2D eigenvalue weighted by Gasteiger charge is 2.32. The highest BCUT2D eigenvalue weighted by molar-refractivity contribution is 5.84. The number of nitrogens with zero attached hydrogens (tertiary/aromatic N) is 2. The molecule has 21 heavy (non-hydrogen) atoms. The lowest BCUT2D eigenvalue weighted by Crippen LogP contribution is -2.47. The Morgan fingerprint density at radius 1 is 1.33 bits per heavy atom. The lowest BCUT2D eigenvalue weighted by Gasteiger charge is -2.31. The molecule has 0 fully saturated rings. The van der Waals surface area contributed by atoms with Crippen molar-refractivity contribution in [3.63, 3.8) is 0 Å². The van der Waals surface area contributed by atoms with Gasteiger partial charge >= 0.3 is 5.97 Å². The molecule has 5 heteroatoms. The molecule has 0 aliphatic carbocycles. The van der Waals surface area contributed by atoms with Crippen LogP contribution in [0.15, 0.2) is 30.3 Å². The molecule has 0 spiro atoms. The Balaban J connectivity index is 2.33. The molecule has 1 aromatic carbocycles. The third kappa shape index (κ3) is 2.97. The minimum Gasteiger partial charge on any atom is -0.494 e. The van der Waals surface area contributed by atoms with Gasteiger partial charge in [-0.3, -0.25) is 9.69 Å². The van der Waals surface area contributed by atoms with Crippen LogP contribution < -0.4 is 4.74 Å². The number of aliphatic carboxylic acids is 1. The average molecular weight is 288 g/mol. The predicted molar refractivity (Wildman–Crippen MR) is 81.5 cm³/mol. The number of hydrogen-bond acceptors (Lipinski definition) is 4. The maximum Gasteiger partial charge on any atom is 0.323 e. The Kier molecular flexibility index (Phi) is 4.14. The molecule has 0 atom stereocenters. The Bertz CT molecular complexity index is 668. The lowest BCUT2D eigenvalue weighted by molar-refractivity contribution is -0.148. The summed E-state index contributed by atoms with van der Waals surface area (Å²) in [5.41, 5.74) is 0.653. The van der Waals surface area contributed by atoms with Gasteiger partial charge in [-0.25, -0.2) is 4.98 Å². The first kappa shape index (κ1) is 15.3. The van der Waals surface area contributed by atoms with Crippen molar-refractivity contribution in [2.45, 2.75) is 25.9 Å². The van der Waals surface area contributed by atoms with E-state index in [0.29, 0.717) is 6.54 Å². The van der Waals surface area contributed by atoms with Crippen LogP contribution in [0.3, 0.4) is 0 Å². The van der Waals surface area contributed by atoms with Crippen molar-refractivity contribution in [2.75, 3.05) is 14.2 Å². The van der Waals surface area contributed by atoms with E-state index in [2.05, 4.69) is 4.98 Å². The van der Waals surface area contributed by atoms with Gasteiger partial charge in [-0.15, -0.1) is 0 Å². The van der Waals surface area contributed by atoms with E-state index in [1.807, 2.05) is 30.3 Å². The van der Waals surface area contributed by atoms with Crippen LogP contribution in [-0.2, 0) is 11.3 Å². The molecule has 0 amide bonds. The molecule has 0 saturated heterocycles. The second-order valence-corrected chi connectivity index (χ2v) is 5.55. The number of pyridine rings is 1. The first-order chi connectivity index (χ1) is 9.86. The third-order valence-electron chi connectivity index (χ3n) is 3.84. The van der Waals surface area contributed by atoms with Gasteiger partial charge in [-0.05, 0) is 33.0 Å². The number of methoxy groups -OCH3 is 1. The predicted octanol–water partition coefficient (Wildman–Crippen LogP) is 2.54. The highest BCUT2D eigenvalue weighted by Crippen LogP contribution is 2.24. The Morgan fingerprint density at radius 3 is 2.67 bits per heavy atom. The average Bonchev–Trinajstić information content (AvgIpc) is 2.46. The number of para-hydroxylation sites is 1. The third-order valence-corrected chi connectivity index (χ3v) is 3.84. The highest BCUT2D eigenvalue weighted by atomic mass is 16.5. The van der Waals surface area contributed by atoms with E-state index in [9.17, 15) is 9.90 Å². The molecule has 0 bridgehead atoms. The van der Waals surface area contributed by atoms with E-state index in [-0.39, 0.29) is 0 Å². The molecule has 0 radical (unpaired) electrons. The molecule has 1 aromatic heterocycles. The number of carboxylic acid groups (broad SMARTS) is 1. The van der Waals surface area contributed by atoms with Gasteiger partial charge in [-0.1, -0.05) is 18.2 Å². The van der Waals surface area contributed by atoms with Gasteiger partial charge in [0.05, 0.1) is 12.8 Å². The zero-order valence-corrected chi connectivity index (χ0v) is 12.8. The molecule has 112 valence electrons. The Morgan fingerprint density at radius 2 is 2.05 bits per heavy atom. The molecule has 2 rings (SSSR count). The molecule has 5 nitrogen and oxygen atoms in total. The maximum absolute atomic E-state index is 11.3. The van der Waals surface area contributed by atoms with Crippen molar-refractivity contribution in [1.29, 1.82) is 0 Å². The largest absolute Gasteiger partial charge is 0.494 e. The molecule has 1 heterocycles. The summed E-state index contributed by atoms with van der Waals surface area (Å²) in [5.74, 6) is -0.141. The molecule has 2 aromatic rings. The van der Waals surface area contributed by atoms with Crippen molar-refractivity contribution in [3.8, 4) is 5.75 Å². The van der Waals surface area contributed by atoms with Gasteiger partial charge in [-0.2, -0.15) is 0 Å². The fourth-order valence-corrected chi connectivity index (χ4v) is 2.02. The molecule has 0 unspecified atom stereocenters. The Hall–Kier alpha value is -2.14. The molecular formula is C16H20N2O3. The van der Waals surface area contributed by atoms with Gasteiger partial charge in [0.15, 0.2) is 0 Å². The van der Waals surface area contributed by atoms with E-state index in [0.717, 1.165) is 22.3 Å². The SMILES string of the molecule is COc1cccc2ccc(CN(C)C(C)(C)C(=O)O)nc12. The second kappa shape index (κ2) is 5.69. The zero-order valence-electron chi connectivity index (χ0n) is 12.8. The van der Waals surface area contributed by atoms with Crippen molar-refractivity contribution >= 4 is 16.9 Å². The number of carboxylic acids is 1. The van der Waals surface area contributed by atoms with E-state index < -0.39 is 11.5 Å². The van der Waals surface area contributed by atoms with Gasteiger partial charge in [0, 0.05) is 11.9 Å². The first-order valence-electron chi connectivity index (χ1n) is 6.73. The number of likely N-dealkylation sites (N-methyl/N-ethyl adjacent to an activating group) is 1. The number of hydrogen-bond donors (Lipinski definition) is 1. The van der Waals surface area contributed by atoms with Gasteiger partial charge < -0.3 is 9.84 Å². The van der Waals surface area contributed by atoms with Crippen LogP contribution in [0.25, 0.3) is 10.9 Å².